The smallest absolute Gasteiger partial charge is 0.0547 e. The fourth-order valence-corrected chi connectivity index (χ4v) is 8.98. The van der Waals surface area contributed by atoms with Crippen LogP contribution in [0.1, 0.15) is 0 Å². The Balaban J connectivity index is 1.00. The number of para-hydroxylation sites is 2. The van der Waals surface area contributed by atoms with E-state index in [-0.39, 0.29) is 0 Å². The second kappa shape index (κ2) is 16.1. The highest BCUT2D eigenvalue weighted by molar-refractivity contribution is 6.16. The van der Waals surface area contributed by atoms with Crippen LogP contribution in [0.4, 0.5) is 17.1 Å². The highest BCUT2D eigenvalue weighted by Crippen LogP contribution is 2.42. The predicted octanol–water partition coefficient (Wildman–Crippen LogP) is 16.6. The zero-order valence-corrected chi connectivity index (χ0v) is 34.1. The number of fused-ring (bicyclic) bond motifs is 3. The molecule has 0 spiro atoms. The third-order valence-electron chi connectivity index (χ3n) is 12.0. The summed E-state index contributed by atoms with van der Waals surface area (Å²) in [4.78, 5) is 2.38. The van der Waals surface area contributed by atoms with Gasteiger partial charge in [-0.2, -0.15) is 0 Å². The quantitative estimate of drug-likeness (QED) is 0.141. The lowest BCUT2D eigenvalue weighted by atomic mass is 9.98. The fourth-order valence-electron chi connectivity index (χ4n) is 8.98. The molecule has 0 saturated carbocycles. The fraction of sp³-hybridized carbons (Fsp3) is 0. The lowest BCUT2D eigenvalue weighted by Gasteiger charge is -2.26. The first-order chi connectivity index (χ1) is 30.7. The summed E-state index contributed by atoms with van der Waals surface area (Å²) in [6.45, 7) is 0. The van der Waals surface area contributed by atoms with Gasteiger partial charge in [0.2, 0.25) is 0 Å². The topological polar surface area (TPSA) is 8.17 Å². The van der Waals surface area contributed by atoms with E-state index >= 15 is 0 Å². The molecule has 0 unspecified atom stereocenters. The molecule has 1 heterocycles. The highest BCUT2D eigenvalue weighted by atomic mass is 15.1. The summed E-state index contributed by atoms with van der Waals surface area (Å²) in [6, 6.07) is 92.0. The van der Waals surface area contributed by atoms with Crippen molar-refractivity contribution in [2.45, 2.75) is 0 Å². The van der Waals surface area contributed by atoms with E-state index in [2.05, 4.69) is 264 Å². The zero-order chi connectivity index (χ0) is 41.2. The van der Waals surface area contributed by atoms with Crippen LogP contribution in [-0.4, -0.2) is 4.57 Å². The zero-order valence-electron chi connectivity index (χ0n) is 34.1. The van der Waals surface area contributed by atoms with Crippen LogP contribution in [0.5, 0.6) is 0 Å². The number of aromatic nitrogens is 1. The molecule has 2 nitrogen and oxygen atoms in total. The molecule has 0 aliphatic heterocycles. The van der Waals surface area contributed by atoms with Gasteiger partial charge in [-0.1, -0.05) is 188 Å². The minimum absolute atomic E-state index is 1.09. The molecule has 0 aliphatic rings. The number of benzene rings is 10. The molecule has 0 fully saturated rings. The SMILES string of the molecule is c1ccc(-c2ccc(-c3ccc(N(c4ccc(-c5cccc(-c6ccccc6)c5)cc4)c4cccc(-c5cccc6c5c5ccccc5n6-c5ccccc5)c4)cc3)cc2)cc1. The van der Waals surface area contributed by atoms with Crippen molar-refractivity contribution in [2.75, 3.05) is 4.90 Å². The Morgan fingerprint density at radius 2 is 0.677 bits per heavy atom. The van der Waals surface area contributed by atoms with Gasteiger partial charge in [0, 0.05) is 33.5 Å². The van der Waals surface area contributed by atoms with E-state index < -0.39 is 0 Å². The van der Waals surface area contributed by atoms with Gasteiger partial charge in [-0.05, 0) is 122 Å². The molecular formula is C60H42N2. The largest absolute Gasteiger partial charge is 0.310 e. The number of nitrogens with zero attached hydrogens (tertiary/aromatic N) is 2. The summed E-state index contributed by atoms with van der Waals surface area (Å²) in [5.74, 6) is 0. The van der Waals surface area contributed by atoms with E-state index in [4.69, 9.17) is 0 Å². The van der Waals surface area contributed by atoms with Crippen molar-refractivity contribution in [3.63, 3.8) is 0 Å². The molecule has 0 radical (unpaired) electrons. The minimum Gasteiger partial charge on any atom is -0.310 e. The summed E-state index contributed by atoms with van der Waals surface area (Å²) in [7, 11) is 0. The first kappa shape index (κ1) is 36.8. The monoisotopic (exact) mass is 790 g/mol. The van der Waals surface area contributed by atoms with Crippen molar-refractivity contribution in [3.8, 4) is 61.3 Å². The first-order valence-electron chi connectivity index (χ1n) is 21.3. The van der Waals surface area contributed by atoms with Gasteiger partial charge in [0.1, 0.15) is 0 Å². The Hall–Kier alpha value is -8.20. The molecule has 0 saturated heterocycles. The number of hydrogen-bond acceptors (Lipinski definition) is 1. The van der Waals surface area contributed by atoms with E-state index in [1.54, 1.807) is 0 Å². The Kier molecular flexibility index (Phi) is 9.57. The van der Waals surface area contributed by atoms with Crippen LogP contribution in [0, 0.1) is 0 Å². The molecule has 2 heteroatoms. The average molecular weight is 791 g/mol. The lowest BCUT2D eigenvalue weighted by molar-refractivity contribution is 1.18. The highest BCUT2D eigenvalue weighted by Gasteiger charge is 2.18. The molecule has 0 bridgehead atoms. The molecule has 62 heavy (non-hydrogen) atoms. The molecule has 11 rings (SSSR count). The predicted molar refractivity (Wildman–Crippen MR) is 263 cm³/mol. The van der Waals surface area contributed by atoms with Gasteiger partial charge >= 0.3 is 0 Å². The van der Waals surface area contributed by atoms with E-state index in [9.17, 15) is 0 Å². The van der Waals surface area contributed by atoms with E-state index in [1.165, 1.54) is 77.4 Å². The number of anilines is 3. The van der Waals surface area contributed by atoms with Crippen LogP contribution >= 0.6 is 0 Å². The van der Waals surface area contributed by atoms with Crippen LogP contribution in [0.15, 0.2) is 255 Å². The van der Waals surface area contributed by atoms with Crippen molar-refractivity contribution < 1.29 is 0 Å². The van der Waals surface area contributed by atoms with Crippen molar-refractivity contribution in [3.05, 3.63) is 255 Å². The molecule has 0 atom stereocenters. The summed E-state index contributed by atoms with van der Waals surface area (Å²) in [5, 5.41) is 2.49. The van der Waals surface area contributed by atoms with E-state index in [0.717, 1.165) is 22.7 Å². The van der Waals surface area contributed by atoms with Gasteiger partial charge in [-0.25, -0.2) is 0 Å². The van der Waals surface area contributed by atoms with Crippen LogP contribution in [0.3, 0.4) is 0 Å². The van der Waals surface area contributed by atoms with Crippen molar-refractivity contribution >= 4 is 38.9 Å². The van der Waals surface area contributed by atoms with Gasteiger partial charge in [0.05, 0.1) is 11.0 Å². The summed E-state index contributed by atoms with van der Waals surface area (Å²) < 4.78 is 2.39. The van der Waals surface area contributed by atoms with Gasteiger partial charge in [0.15, 0.2) is 0 Å². The molecule has 0 N–H and O–H groups in total. The maximum atomic E-state index is 2.39. The standard InChI is InChI=1S/C60H42N2/c1-4-15-43(16-5-1)45-29-31-46(32-30-45)47-33-37-53(38-34-47)61(54-39-35-48(36-40-54)50-20-12-19-49(41-50)44-17-6-2-7-18-44)55-24-13-21-51(42-55)56-26-14-28-59-60(56)57-25-10-11-27-58(57)62(59)52-22-8-3-9-23-52/h1-42H. The molecule has 0 amide bonds. The Morgan fingerprint density at radius 3 is 1.29 bits per heavy atom. The van der Waals surface area contributed by atoms with Crippen LogP contribution in [-0.2, 0) is 0 Å². The second-order valence-electron chi connectivity index (χ2n) is 15.8. The minimum atomic E-state index is 1.09. The Labute approximate surface area is 362 Å². The molecule has 1 aromatic heterocycles. The number of rotatable bonds is 9. The van der Waals surface area contributed by atoms with Crippen molar-refractivity contribution in [2.24, 2.45) is 0 Å². The van der Waals surface area contributed by atoms with Crippen molar-refractivity contribution in [1.29, 1.82) is 0 Å². The molecular weight excluding hydrogens is 749 g/mol. The summed E-state index contributed by atoms with van der Waals surface area (Å²) in [6.07, 6.45) is 0. The summed E-state index contributed by atoms with van der Waals surface area (Å²) in [5.41, 5.74) is 18.8. The third kappa shape index (κ3) is 6.94. The van der Waals surface area contributed by atoms with Crippen LogP contribution < -0.4 is 4.90 Å². The number of hydrogen-bond donors (Lipinski definition) is 0. The molecule has 292 valence electrons. The summed E-state index contributed by atoms with van der Waals surface area (Å²) >= 11 is 0. The lowest BCUT2D eigenvalue weighted by Crippen LogP contribution is -2.10. The molecule has 10 aromatic carbocycles. The average Bonchev–Trinajstić information content (AvgIpc) is 3.70. The van der Waals surface area contributed by atoms with E-state index in [1.807, 2.05) is 0 Å². The van der Waals surface area contributed by atoms with Gasteiger partial charge in [0.25, 0.3) is 0 Å². The molecule has 0 aliphatic carbocycles. The van der Waals surface area contributed by atoms with Gasteiger partial charge in [-0.3, -0.25) is 0 Å². The maximum absolute atomic E-state index is 2.39. The van der Waals surface area contributed by atoms with Gasteiger partial charge < -0.3 is 9.47 Å². The second-order valence-corrected chi connectivity index (χ2v) is 15.8. The third-order valence-corrected chi connectivity index (χ3v) is 12.0. The van der Waals surface area contributed by atoms with Crippen molar-refractivity contribution in [1.82, 2.24) is 4.57 Å². The Bertz CT molecular complexity index is 3290. The van der Waals surface area contributed by atoms with Crippen LogP contribution in [0.2, 0.25) is 0 Å². The Morgan fingerprint density at radius 1 is 0.258 bits per heavy atom. The van der Waals surface area contributed by atoms with Gasteiger partial charge in [-0.15, -0.1) is 0 Å². The van der Waals surface area contributed by atoms with Crippen LogP contribution in [0.25, 0.3) is 83.1 Å². The van der Waals surface area contributed by atoms with E-state index in [0.29, 0.717) is 0 Å². The maximum Gasteiger partial charge on any atom is 0.0547 e. The molecule has 11 aromatic rings. The normalized spacial score (nSPS) is 11.2. The first-order valence-corrected chi connectivity index (χ1v) is 21.3.